The number of halogens is 2. The molecule has 3 N–H and O–H groups in total. The summed E-state index contributed by atoms with van der Waals surface area (Å²) in [5.41, 5.74) is 6.36. The van der Waals surface area contributed by atoms with Crippen LogP contribution in [0, 0.1) is 17.8 Å². The van der Waals surface area contributed by atoms with Gasteiger partial charge in [0.25, 0.3) is 0 Å². The molecule has 1 aromatic carbocycles. The molecule has 9 heteroatoms. The zero-order valence-corrected chi connectivity index (χ0v) is 21.9. The number of benzene rings is 1. The van der Waals surface area contributed by atoms with E-state index in [1.54, 1.807) is 31.0 Å². The molecule has 2 fully saturated rings. The van der Waals surface area contributed by atoms with Gasteiger partial charge in [-0.2, -0.15) is 0 Å². The zero-order valence-electron chi connectivity index (χ0n) is 21.9. The summed E-state index contributed by atoms with van der Waals surface area (Å²) in [7, 11) is 3.43. The maximum absolute atomic E-state index is 16.2. The van der Waals surface area contributed by atoms with Crippen LogP contribution in [0.15, 0.2) is 46.2 Å². The highest BCUT2D eigenvalue weighted by Crippen LogP contribution is 2.47. The smallest absolute Gasteiger partial charge is 0.220 e. The Balaban J connectivity index is 1.46. The molecule has 37 heavy (non-hydrogen) atoms. The number of alkyl halides is 2. The normalized spacial score (nSPS) is 29.1. The Morgan fingerprint density at radius 2 is 1.92 bits per heavy atom. The largest absolute Gasteiger partial charge is 0.399 e. The predicted octanol–water partition coefficient (Wildman–Crippen LogP) is 3.99. The Kier molecular flexibility index (Phi) is 7.16. The number of guanidine groups is 1. The van der Waals surface area contributed by atoms with Gasteiger partial charge in [-0.25, -0.2) is 18.8 Å². The van der Waals surface area contributed by atoms with Crippen molar-refractivity contribution in [3.63, 3.8) is 0 Å². The minimum Gasteiger partial charge on any atom is -0.399 e. The minimum absolute atomic E-state index is 0.261. The van der Waals surface area contributed by atoms with Crippen LogP contribution in [0.5, 0.6) is 0 Å². The third-order valence-corrected chi connectivity index (χ3v) is 8.29. The lowest BCUT2D eigenvalue weighted by Crippen LogP contribution is -2.37. The van der Waals surface area contributed by atoms with E-state index in [0.717, 1.165) is 44.6 Å². The van der Waals surface area contributed by atoms with Crippen LogP contribution in [0.1, 0.15) is 42.9 Å². The van der Waals surface area contributed by atoms with Gasteiger partial charge in [0.15, 0.2) is 11.8 Å². The van der Waals surface area contributed by atoms with Crippen molar-refractivity contribution >= 4 is 23.9 Å². The average molecular weight is 510 g/mol. The van der Waals surface area contributed by atoms with Gasteiger partial charge in [-0.15, -0.1) is 0 Å². The van der Waals surface area contributed by atoms with Crippen LogP contribution in [-0.2, 0) is 13.5 Å². The van der Waals surface area contributed by atoms with E-state index in [9.17, 15) is 0 Å². The first-order valence-corrected chi connectivity index (χ1v) is 13.1. The summed E-state index contributed by atoms with van der Waals surface area (Å²) in [4.78, 5) is 15.8. The molecule has 5 atom stereocenters. The second-order valence-corrected chi connectivity index (χ2v) is 10.8. The number of aliphatic imine (C=N–C) groups is 2. The number of nitrogens with two attached hydrogens (primary N) is 1. The van der Waals surface area contributed by atoms with Crippen LogP contribution in [0.4, 0.5) is 14.5 Å². The molecular weight excluding hydrogens is 472 g/mol. The Hall–Kier alpha value is -3.07. The lowest BCUT2D eigenvalue weighted by molar-refractivity contribution is 0.0882. The third-order valence-electron chi connectivity index (χ3n) is 8.29. The molecule has 1 aromatic heterocycles. The average Bonchev–Trinajstić information content (AvgIpc) is 3.43. The van der Waals surface area contributed by atoms with Crippen molar-refractivity contribution in [2.45, 2.75) is 38.0 Å². The number of rotatable bonds is 4. The predicted molar refractivity (Wildman–Crippen MR) is 145 cm³/mol. The lowest BCUT2D eigenvalue weighted by Gasteiger charge is -2.34. The highest BCUT2D eigenvalue weighted by Gasteiger charge is 2.47. The van der Waals surface area contributed by atoms with Crippen LogP contribution in [0.25, 0.3) is 6.08 Å². The topological polar surface area (TPSA) is 83.8 Å². The van der Waals surface area contributed by atoms with Crippen molar-refractivity contribution in [3.05, 3.63) is 53.1 Å². The van der Waals surface area contributed by atoms with E-state index in [1.165, 1.54) is 13.3 Å². The summed E-state index contributed by atoms with van der Waals surface area (Å²) in [6.45, 7) is 5.26. The summed E-state index contributed by atoms with van der Waals surface area (Å²) < 4.78 is 33.4. The first-order valence-electron chi connectivity index (χ1n) is 13.1. The van der Waals surface area contributed by atoms with E-state index in [2.05, 4.69) is 20.2 Å². The molecule has 3 heterocycles. The highest BCUT2D eigenvalue weighted by atomic mass is 19.2. The Morgan fingerprint density at radius 3 is 2.57 bits per heavy atom. The maximum atomic E-state index is 16.2. The van der Waals surface area contributed by atoms with Gasteiger partial charge in [0, 0.05) is 45.0 Å². The van der Waals surface area contributed by atoms with Crippen molar-refractivity contribution < 1.29 is 8.78 Å². The molecule has 5 unspecified atom stereocenters. The first kappa shape index (κ1) is 25.6. The highest BCUT2D eigenvalue weighted by molar-refractivity contribution is 5.89. The summed E-state index contributed by atoms with van der Waals surface area (Å²) in [5.74, 6) is 1.54. The quantitative estimate of drug-likeness (QED) is 0.371. The maximum Gasteiger partial charge on any atom is 0.220 e. The number of nitrogens with one attached hydrogen (secondary N) is 1. The number of imidazole rings is 1. The fourth-order valence-electron chi connectivity index (χ4n) is 6.04. The SMILES string of the molecule is CN=C(N=CC(Cc1ccc(N)cc1)C1=Cc2ncn(C)c2C(F)C1(C)F)N1CCC2CNCC2CC1. The van der Waals surface area contributed by atoms with Crippen LogP contribution < -0.4 is 11.1 Å². The van der Waals surface area contributed by atoms with Crippen molar-refractivity contribution in [1.82, 2.24) is 19.8 Å². The molecule has 0 amide bonds. The van der Waals surface area contributed by atoms with Gasteiger partial charge in [0.05, 0.1) is 17.7 Å². The second kappa shape index (κ2) is 10.4. The van der Waals surface area contributed by atoms with Crippen LogP contribution >= 0.6 is 0 Å². The van der Waals surface area contributed by atoms with E-state index < -0.39 is 17.8 Å². The zero-order chi connectivity index (χ0) is 26.2. The molecule has 0 saturated carbocycles. The molecule has 0 radical (unpaired) electrons. The molecule has 0 bridgehead atoms. The van der Waals surface area contributed by atoms with Crippen LogP contribution in [0.2, 0.25) is 0 Å². The molecule has 198 valence electrons. The standard InChI is InChI=1S/C28H37F2N7/c1-28(30)23(13-24-25(26(28)29)36(3)17-35-24)21(12-18-4-6-22(31)7-5-18)16-34-27(32-2)37-10-8-19-14-33-15-20(19)9-11-37/h4-7,13,16-17,19-21,26,33H,8-12,14-15,31H2,1-3H3. The lowest BCUT2D eigenvalue weighted by atomic mass is 9.76. The van der Waals surface area contributed by atoms with E-state index in [-0.39, 0.29) is 5.69 Å². The number of aromatic nitrogens is 2. The molecule has 3 aliphatic rings. The van der Waals surface area contributed by atoms with Gasteiger partial charge in [-0.3, -0.25) is 4.99 Å². The number of nitrogens with zero attached hydrogens (tertiary/aromatic N) is 5. The number of likely N-dealkylation sites (tertiary alicyclic amines) is 1. The number of allylic oxidation sites excluding steroid dienone is 1. The van der Waals surface area contributed by atoms with E-state index in [1.807, 2.05) is 24.3 Å². The van der Waals surface area contributed by atoms with Gasteiger partial charge in [-0.1, -0.05) is 12.1 Å². The van der Waals surface area contributed by atoms with Crippen molar-refractivity contribution in [1.29, 1.82) is 0 Å². The van der Waals surface area contributed by atoms with Crippen molar-refractivity contribution in [3.8, 4) is 0 Å². The number of anilines is 1. The second-order valence-electron chi connectivity index (χ2n) is 10.8. The van der Waals surface area contributed by atoms with Crippen molar-refractivity contribution in [2.75, 3.05) is 39.0 Å². The van der Waals surface area contributed by atoms with Crippen LogP contribution in [0.3, 0.4) is 0 Å². The molecule has 5 rings (SSSR count). The molecule has 1 aliphatic carbocycles. The van der Waals surface area contributed by atoms with E-state index in [0.29, 0.717) is 41.2 Å². The van der Waals surface area contributed by atoms with Crippen molar-refractivity contribution in [2.24, 2.45) is 34.8 Å². The Labute approximate surface area is 217 Å². The summed E-state index contributed by atoms with van der Waals surface area (Å²) >= 11 is 0. The van der Waals surface area contributed by atoms with Gasteiger partial charge in [-0.05, 0) is 80.5 Å². The summed E-state index contributed by atoms with van der Waals surface area (Å²) in [6, 6.07) is 7.49. The summed E-state index contributed by atoms with van der Waals surface area (Å²) in [5, 5.41) is 3.51. The van der Waals surface area contributed by atoms with Gasteiger partial charge in [0.2, 0.25) is 5.96 Å². The Morgan fingerprint density at radius 1 is 1.24 bits per heavy atom. The molecular formula is C28H37F2N7. The number of hydrogen-bond acceptors (Lipinski definition) is 4. The monoisotopic (exact) mass is 509 g/mol. The molecule has 0 spiro atoms. The number of fused-ring (bicyclic) bond motifs is 2. The number of nitrogen functional groups attached to an aromatic ring is 1. The fraction of sp³-hybridized carbons (Fsp3) is 0.536. The minimum atomic E-state index is -2.21. The molecule has 7 nitrogen and oxygen atoms in total. The fourth-order valence-corrected chi connectivity index (χ4v) is 6.04. The molecule has 2 aromatic rings. The van der Waals surface area contributed by atoms with Gasteiger partial charge >= 0.3 is 0 Å². The molecule has 2 aliphatic heterocycles. The third kappa shape index (κ3) is 5.06. The van der Waals surface area contributed by atoms with Gasteiger partial charge < -0.3 is 20.5 Å². The number of hydrogen-bond donors (Lipinski definition) is 2. The van der Waals surface area contributed by atoms with E-state index in [4.69, 9.17) is 10.7 Å². The van der Waals surface area contributed by atoms with Gasteiger partial charge in [0.1, 0.15) is 0 Å². The molecule has 2 saturated heterocycles. The van der Waals surface area contributed by atoms with Crippen LogP contribution in [-0.4, -0.2) is 65.5 Å². The van der Waals surface area contributed by atoms with E-state index >= 15 is 8.78 Å². The Bertz CT molecular complexity index is 1180. The summed E-state index contributed by atoms with van der Waals surface area (Å²) in [6.07, 6.45) is 5.80. The number of aryl methyl sites for hydroxylation is 1. The first-order chi connectivity index (χ1) is 17.8.